The summed E-state index contributed by atoms with van der Waals surface area (Å²) < 4.78 is 25.5. The molecule has 0 amide bonds. The molecule has 0 aromatic rings. The molecule has 8 heteroatoms. The minimum Gasteiger partial charge on any atom is -0.402 e. The van der Waals surface area contributed by atoms with Crippen LogP contribution in [0, 0.1) is 0 Å². The Kier molecular flexibility index (Phi) is 16.7. The number of ether oxygens (including phenoxy) is 4. The lowest BCUT2D eigenvalue weighted by Gasteiger charge is -2.07. The molecule has 120 valence electrons. The Morgan fingerprint density at radius 2 is 1.05 bits per heavy atom. The number of hydrogen-bond acceptors (Lipinski definition) is 7. The largest absolute Gasteiger partial charge is 0.633 e. The third-order valence-electron chi connectivity index (χ3n) is 2.25. The van der Waals surface area contributed by atoms with Crippen LogP contribution in [0.25, 0.3) is 0 Å². The molecule has 0 aromatic heterocycles. The van der Waals surface area contributed by atoms with E-state index in [4.69, 9.17) is 29.0 Å². The maximum Gasteiger partial charge on any atom is 0.633 e. The molecule has 0 saturated heterocycles. The summed E-state index contributed by atoms with van der Waals surface area (Å²) in [6, 6.07) is 0. The lowest BCUT2D eigenvalue weighted by Crippen LogP contribution is -2.20. The first kappa shape index (κ1) is 19.8. The first-order valence-corrected chi connectivity index (χ1v) is 7.06. The highest BCUT2D eigenvalue weighted by Crippen LogP contribution is 1.88. The van der Waals surface area contributed by atoms with E-state index in [1.165, 1.54) is 0 Å². The van der Waals surface area contributed by atoms with Crippen molar-refractivity contribution in [3.05, 3.63) is 0 Å². The van der Waals surface area contributed by atoms with Crippen LogP contribution in [0.5, 0.6) is 0 Å². The summed E-state index contributed by atoms with van der Waals surface area (Å²) in [5, 5.41) is 16.8. The molecule has 0 bridgehead atoms. The van der Waals surface area contributed by atoms with Crippen LogP contribution in [-0.2, 0) is 23.6 Å². The van der Waals surface area contributed by atoms with Crippen molar-refractivity contribution < 1.29 is 33.6 Å². The fraction of sp³-hybridized carbons (Fsp3) is 1.00. The van der Waals surface area contributed by atoms with Gasteiger partial charge in [0, 0.05) is 6.61 Å². The Labute approximate surface area is 121 Å². The van der Waals surface area contributed by atoms with Crippen LogP contribution in [-0.4, -0.2) is 76.8 Å². The molecule has 0 aliphatic heterocycles. The summed E-state index contributed by atoms with van der Waals surface area (Å²) in [5.41, 5.74) is 0. The van der Waals surface area contributed by atoms with E-state index in [0.29, 0.717) is 46.2 Å². The average Bonchev–Trinajstić information content (AvgIpc) is 2.43. The Hall–Kier alpha value is -0.215. The quantitative estimate of drug-likeness (QED) is 0.302. The van der Waals surface area contributed by atoms with Crippen molar-refractivity contribution in [3.63, 3.8) is 0 Å². The van der Waals surface area contributed by atoms with Gasteiger partial charge in [0.1, 0.15) is 0 Å². The zero-order valence-corrected chi connectivity index (χ0v) is 12.3. The normalized spacial score (nSPS) is 10.9. The summed E-state index contributed by atoms with van der Waals surface area (Å²) in [6.07, 6.45) is 2.23. The van der Waals surface area contributed by atoms with Gasteiger partial charge in [-0.3, -0.25) is 0 Å². The highest BCUT2D eigenvalue weighted by molar-refractivity contribution is 6.32. The maximum absolute atomic E-state index is 8.39. The SMILES string of the molecule is CCCCOCCOCCOCCOCCOB(O)O. The molecular weight excluding hydrogens is 267 g/mol. The summed E-state index contributed by atoms with van der Waals surface area (Å²) in [6.45, 7) is 6.54. The molecule has 0 aromatic carbocycles. The van der Waals surface area contributed by atoms with Gasteiger partial charge >= 0.3 is 7.32 Å². The van der Waals surface area contributed by atoms with Crippen LogP contribution >= 0.6 is 0 Å². The van der Waals surface area contributed by atoms with Crippen molar-refractivity contribution in [1.82, 2.24) is 0 Å². The molecule has 0 rings (SSSR count). The number of hydrogen-bond donors (Lipinski definition) is 2. The monoisotopic (exact) mass is 294 g/mol. The number of unbranched alkanes of at least 4 members (excludes halogenated alkanes) is 1. The van der Waals surface area contributed by atoms with Gasteiger partial charge in [-0.2, -0.15) is 0 Å². The molecule has 2 N–H and O–H groups in total. The third kappa shape index (κ3) is 17.8. The van der Waals surface area contributed by atoms with Gasteiger partial charge in [-0.15, -0.1) is 0 Å². The second kappa shape index (κ2) is 16.8. The van der Waals surface area contributed by atoms with Gasteiger partial charge < -0.3 is 33.6 Å². The molecular formula is C12H27BO7. The minimum absolute atomic E-state index is 0.138. The molecule has 0 atom stereocenters. The van der Waals surface area contributed by atoms with Crippen molar-refractivity contribution in [3.8, 4) is 0 Å². The van der Waals surface area contributed by atoms with E-state index >= 15 is 0 Å². The Bertz CT molecular complexity index is 183. The molecule has 0 aliphatic carbocycles. The summed E-state index contributed by atoms with van der Waals surface area (Å²) in [7, 11) is -1.74. The van der Waals surface area contributed by atoms with Crippen molar-refractivity contribution in [2.24, 2.45) is 0 Å². The predicted molar refractivity (Wildman–Crippen MR) is 74.3 cm³/mol. The van der Waals surface area contributed by atoms with Gasteiger partial charge in [0.25, 0.3) is 0 Å². The van der Waals surface area contributed by atoms with Crippen LogP contribution in [0.2, 0.25) is 0 Å². The van der Waals surface area contributed by atoms with E-state index in [9.17, 15) is 0 Å². The summed E-state index contributed by atoms with van der Waals surface area (Å²) >= 11 is 0. The van der Waals surface area contributed by atoms with Gasteiger partial charge in [0.2, 0.25) is 0 Å². The lowest BCUT2D eigenvalue weighted by atomic mass is 10.3. The zero-order valence-electron chi connectivity index (χ0n) is 12.3. The van der Waals surface area contributed by atoms with Crippen molar-refractivity contribution in [2.45, 2.75) is 19.8 Å². The smallest absolute Gasteiger partial charge is 0.402 e. The standard InChI is InChI=1S/C12H27BO7/c1-2-3-4-16-5-6-17-7-8-18-9-10-19-11-12-20-13(14)15/h14-15H,2-12H2,1H3. The van der Waals surface area contributed by atoms with Crippen LogP contribution in [0.3, 0.4) is 0 Å². The van der Waals surface area contributed by atoms with Gasteiger partial charge in [-0.1, -0.05) is 13.3 Å². The summed E-state index contributed by atoms with van der Waals surface area (Å²) in [4.78, 5) is 0. The fourth-order valence-electron chi connectivity index (χ4n) is 1.22. The van der Waals surface area contributed by atoms with E-state index in [0.717, 1.165) is 19.4 Å². The Morgan fingerprint density at radius 3 is 1.45 bits per heavy atom. The molecule has 20 heavy (non-hydrogen) atoms. The van der Waals surface area contributed by atoms with Crippen LogP contribution in [0.4, 0.5) is 0 Å². The lowest BCUT2D eigenvalue weighted by molar-refractivity contribution is -0.00632. The highest BCUT2D eigenvalue weighted by Gasteiger charge is 2.06. The predicted octanol–water partition coefficient (Wildman–Crippen LogP) is -0.161. The molecule has 0 saturated carbocycles. The maximum atomic E-state index is 8.39. The van der Waals surface area contributed by atoms with E-state index in [1.807, 2.05) is 0 Å². The molecule has 0 unspecified atom stereocenters. The molecule has 0 radical (unpaired) electrons. The first-order chi connectivity index (χ1) is 9.77. The van der Waals surface area contributed by atoms with Crippen LogP contribution in [0.15, 0.2) is 0 Å². The van der Waals surface area contributed by atoms with Gasteiger partial charge in [-0.25, -0.2) is 0 Å². The van der Waals surface area contributed by atoms with Crippen molar-refractivity contribution in [1.29, 1.82) is 0 Å². The van der Waals surface area contributed by atoms with E-state index in [1.54, 1.807) is 0 Å². The molecule has 0 spiro atoms. The Balaban J connectivity index is 2.92. The molecule has 0 aliphatic rings. The van der Waals surface area contributed by atoms with Gasteiger partial charge in [0.15, 0.2) is 0 Å². The average molecular weight is 294 g/mol. The van der Waals surface area contributed by atoms with E-state index in [2.05, 4.69) is 11.6 Å². The van der Waals surface area contributed by atoms with E-state index in [-0.39, 0.29) is 6.61 Å². The fourth-order valence-corrected chi connectivity index (χ4v) is 1.22. The summed E-state index contributed by atoms with van der Waals surface area (Å²) in [5.74, 6) is 0. The zero-order chi connectivity index (χ0) is 14.9. The second-order valence-electron chi connectivity index (χ2n) is 4.00. The molecule has 7 nitrogen and oxygen atoms in total. The highest BCUT2D eigenvalue weighted by atomic mass is 16.6. The van der Waals surface area contributed by atoms with Crippen LogP contribution in [0.1, 0.15) is 19.8 Å². The van der Waals surface area contributed by atoms with E-state index < -0.39 is 7.32 Å². The van der Waals surface area contributed by atoms with Gasteiger partial charge in [0.05, 0.1) is 52.9 Å². The molecule has 0 heterocycles. The van der Waals surface area contributed by atoms with Crippen molar-refractivity contribution >= 4 is 7.32 Å². The third-order valence-corrected chi connectivity index (χ3v) is 2.25. The number of rotatable bonds is 16. The first-order valence-electron chi connectivity index (χ1n) is 7.06. The molecule has 0 fully saturated rings. The second-order valence-corrected chi connectivity index (χ2v) is 4.00. The van der Waals surface area contributed by atoms with Crippen LogP contribution < -0.4 is 0 Å². The minimum atomic E-state index is -1.74. The van der Waals surface area contributed by atoms with Gasteiger partial charge in [-0.05, 0) is 6.42 Å². The Morgan fingerprint density at radius 1 is 0.650 bits per heavy atom. The topological polar surface area (TPSA) is 86.6 Å². The van der Waals surface area contributed by atoms with Crippen molar-refractivity contribution in [2.75, 3.05) is 59.5 Å².